The molecule has 0 saturated heterocycles. The number of hydrogen-bond donors (Lipinski definition) is 2. The van der Waals surface area contributed by atoms with Crippen LogP contribution in [0.3, 0.4) is 0 Å². The summed E-state index contributed by atoms with van der Waals surface area (Å²) in [5, 5.41) is 2.72. The third kappa shape index (κ3) is 3.17. The summed E-state index contributed by atoms with van der Waals surface area (Å²) in [6, 6.07) is 8.80. The van der Waals surface area contributed by atoms with Gasteiger partial charge in [0, 0.05) is 6.42 Å². The number of ether oxygens (including phenoxy) is 1. The minimum atomic E-state index is -0.817. The van der Waals surface area contributed by atoms with Crippen molar-refractivity contribution < 1.29 is 14.3 Å². The Bertz CT molecular complexity index is 483. The summed E-state index contributed by atoms with van der Waals surface area (Å²) in [5.41, 5.74) is 6.11. The van der Waals surface area contributed by atoms with Gasteiger partial charge in [0.05, 0.1) is 12.6 Å². The van der Waals surface area contributed by atoms with Gasteiger partial charge in [-0.05, 0) is 24.8 Å². The van der Waals surface area contributed by atoms with Crippen molar-refractivity contribution in [3.8, 4) is 0 Å². The maximum atomic E-state index is 12.1. The van der Waals surface area contributed by atoms with Crippen LogP contribution in [-0.2, 0) is 20.7 Å². The minimum absolute atomic E-state index is 0.268. The highest BCUT2D eigenvalue weighted by molar-refractivity contribution is 5.91. The van der Waals surface area contributed by atoms with Crippen molar-refractivity contribution in [1.29, 1.82) is 0 Å². The largest absolute Gasteiger partial charge is 0.467 e. The molecule has 1 unspecified atom stereocenters. The third-order valence-corrected chi connectivity index (χ3v) is 3.77. The fourth-order valence-electron chi connectivity index (χ4n) is 2.27. The quantitative estimate of drug-likeness (QED) is 0.778. The molecule has 5 nitrogen and oxygen atoms in total. The molecule has 0 aromatic heterocycles. The molecule has 1 aliphatic carbocycles. The van der Waals surface area contributed by atoms with E-state index >= 15 is 0 Å². The zero-order chi connectivity index (χ0) is 14.6. The second-order valence-corrected chi connectivity index (χ2v) is 5.25. The Kier molecular flexibility index (Phi) is 4.39. The number of benzene rings is 1. The highest BCUT2D eigenvalue weighted by Crippen LogP contribution is 2.29. The van der Waals surface area contributed by atoms with Gasteiger partial charge < -0.3 is 15.8 Å². The molecule has 3 N–H and O–H groups in total. The highest BCUT2D eigenvalue weighted by atomic mass is 16.5. The predicted octanol–water partition coefficient (Wildman–Crippen LogP) is 0.768. The molecule has 2 rings (SSSR count). The van der Waals surface area contributed by atoms with Crippen LogP contribution in [0.2, 0.25) is 0 Å². The first-order valence-corrected chi connectivity index (χ1v) is 6.77. The lowest BCUT2D eigenvalue weighted by Crippen LogP contribution is -2.61. The number of hydrogen-bond acceptors (Lipinski definition) is 4. The fraction of sp³-hybridized carbons (Fsp3) is 0.467. The summed E-state index contributed by atoms with van der Waals surface area (Å²) in [5.74, 6) is -0.722. The average molecular weight is 276 g/mol. The SMILES string of the molecule is COC(=O)C(Cc1ccccc1)NC(=O)C1(N)CCC1. The number of esters is 1. The van der Waals surface area contributed by atoms with Crippen LogP contribution >= 0.6 is 0 Å². The summed E-state index contributed by atoms with van der Waals surface area (Å²) in [7, 11) is 1.31. The zero-order valence-electron chi connectivity index (χ0n) is 11.6. The van der Waals surface area contributed by atoms with Crippen molar-refractivity contribution in [2.24, 2.45) is 5.73 Å². The van der Waals surface area contributed by atoms with E-state index in [1.807, 2.05) is 30.3 Å². The molecular weight excluding hydrogens is 256 g/mol. The van der Waals surface area contributed by atoms with Crippen molar-refractivity contribution in [2.45, 2.75) is 37.3 Å². The molecule has 108 valence electrons. The first-order valence-electron chi connectivity index (χ1n) is 6.77. The summed E-state index contributed by atoms with van der Waals surface area (Å²) >= 11 is 0. The van der Waals surface area contributed by atoms with Crippen molar-refractivity contribution >= 4 is 11.9 Å². The Balaban J connectivity index is 2.04. The van der Waals surface area contributed by atoms with Crippen molar-refractivity contribution in [3.05, 3.63) is 35.9 Å². The van der Waals surface area contributed by atoms with E-state index in [9.17, 15) is 9.59 Å². The summed E-state index contributed by atoms with van der Waals surface area (Å²) in [6.07, 6.45) is 2.68. The van der Waals surface area contributed by atoms with E-state index in [1.54, 1.807) is 0 Å². The molecule has 0 bridgehead atoms. The van der Waals surface area contributed by atoms with Crippen molar-refractivity contribution in [1.82, 2.24) is 5.32 Å². The lowest BCUT2D eigenvalue weighted by molar-refractivity contribution is -0.146. The molecule has 0 radical (unpaired) electrons. The molecule has 1 aromatic carbocycles. The van der Waals surface area contributed by atoms with Crippen LogP contribution in [0.4, 0.5) is 0 Å². The molecule has 20 heavy (non-hydrogen) atoms. The second-order valence-electron chi connectivity index (χ2n) is 5.25. The summed E-state index contributed by atoms with van der Waals surface area (Å²) < 4.78 is 4.76. The van der Waals surface area contributed by atoms with Crippen LogP contribution in [0.25, 0.3) is 0 Å². The molecule has 1 aliphatic rings. The average Bonchev–Trinajstić information content (AvgIpc) is 2.44. The Morgan fingerprint density at radius 1 is 1.35 bits per heavy atom. The van der Waals surface area contributed by atoms with Gasteiger partial charge in [-0.2, -0.15) is 0 Å². The summed E-state index contributed by atoms with van der Waals surface area (Å²) in [6.45, 7) is 0. The lowest BCUT2D eigenvalue weighted by Gasteiger charge is -2.37. The number of carbonyl (C=O) groups excluding carboxylic acids is 2. The topological polar surface area (TPSA) is 81.4 Å². The second kappa shape index (κ2) is 6.05. The minimum Gasteiger partial charge on any atom is -0.467 e. The molecule has 1 fully saturated rings. The van der Waals surface area contributed by atoms with E-state index in [-0.39, 0.29) is 5.91 Å². The van der Waals surface area contributed by atoms with Crippen LogP contribution in [0.5, 0.6) is 0 Å². The van der Waals surface area contributed by atoms with E-state index in [4.69, 9.17) is 10.5 Å². The Labute approximate surface area is 118 Å². The van der Waals surface area contributed by atoms with Crippen LogP contribution in [0.1, 0.15) is 24.8 Å². The van der Waals surface area contributed by atoms with Crippen molar-refractivity contribution in [3.63, 3.8) is 0 Å². The zero-order valence-corrected chi connectivity index (χ0v) is 11.6. The number of nitrogens with two attached hydrogens (primary N) is 1. The Morgan fingerprint density at radius 3 is 2.50 bits per heavy atom. The third-order valence-electron chi connectivity index (χ3n) is 3.77. The predicted molar refractivity (Wildman–Crippen MR) is 74.9 cm³/mol. The van der Waals surface area contributed by atoms with Gasteiger partial charge in [0.25, 0.3) is 0 Å². The number of nitrogens with one attached hydrogen (secondary N) is 1. The van der Waals surface area contributed by atoms with E-state index in [0.717, 1.165) is 12.0 Å². The van der Waals surface area contributed by atoms with E-state index < -0.39 is 17.6 Å². The number of carbonyl (C=O) groups is 2. The maximum absolute atomic E-state index is 12.1. The van der Waals surface area contributed by atoms with Gasteiger partial charge in [-0.1, -0.05) is 30.3 Å². The lowest BCUT2D eigenvalue weighted by atomic mass is 9.77. The van der Waals surface area contributed by atoms with Crippen LogP contribution < -0.4 is 11.1 Å². The van der Waals surface area contributed by atoms with E-state index in [0.29, 0.717) is 19.3 Å². The molecule has 1 aromatic rings. The van der Waals surface area contributed by atoms with Crippen LogP contribution in [0, 0.1) is 0 Å². The molecule has 0 heterocycles. The number of amides is 1. The van der Waals surface area contributed by atoms with Crippen LogP contribution in [-0.4, -0.2) is 30.6 Å². The molecule has 1 saturated carbocycles. The fourth-order valence-corrected chi connectivity index (χ4v) is 2.27. The van der Waals surface area contributed by atoms with E-state index in [1.165, 1.54) is 7.11 Å². The van der Waals surface area contributed by atoms with Crippen molar-refractivity contribution in [2.75, 3.05) is 7.11 Å². The van der Waals surface area contributed by atoms with Gasteiger partial charge in [0.2, 0.25) is 5.91 Å². The smallest absolute Gasteiger partial charge is 0.328 e. The van der Waals surface area contributed by atoms with Gasteiger partial charge in [-0.15, -0.1) is 0 Å². The van der Waals surface area contributed by atoms with Crippen LogP contribution in [0.15, 0.2) is 30.3 Å². The standard InChI is InChI=1S/C15H20N2O3/c1-20-13(18)12(10-11-6-3-2-4-7-11)17-14(19)15(16)8-5-9-15/h2-4,6-7,12H,5,8-10,16H2,1H3,(H,17,19). The number of rotatable bonds is 5. The Hall–Kier alpha value is -1.88. The Morgan fingerprint density at radius 2 is 2.00 bits per heavy atom. The van der Waals surface area contributed by atoms with E-state index in [2.05, 4.69) is 5.32 Å². The van der Waals surface area contributed by atoms with Gasteiger partial charge in [-0.25, -0.2) is 4.79 Å². The summed E-state index contributed by atoms with van der Waals surface area (Å²) in [4.78, 5) is 23.9. The van der Waals surface area contributed by atoms with Gasteiger partial charge in [0.1, 0.15) is 6.04 Å². The molecule has 0 aliphatic heterocycles. The molecular formula is C15H20N2O3. The first-order chi connectivity index (χ1) is 9.55. The maximum Gasteiger partial charge on any atom is 0.328 e. The number of methoxy groups -OCH3 is 1. The highest BCUT2D eigenvalue weighted by Gasteiger charge is 2.41. The van der Waals surface area contributed by atoms with Gasteiger partial charge in [0.15, 0.2) is 0 Å². The van der Waals surface area contributed by atoms with Gasteiger partial charge in [-0.3, -0.25) is 4.79 Å². The first kappa shape index (κ1) is 14.5. The monoisotopic (exact) mass is 276 g/mol. The molecule has 1 amide bonds. The van der Waals surface area contributed by atoms with Gasteiger partial charge >= 0.3 is 5.97 Å². The molecule has 1 atom stereocenters. The normalized spacial score (nSPS) is 17.7. The molecule has 5 heteroatoms. The molecule has 0 spiro atoms.